The van der Waals surface area contributed by atoms with Gasteiger partial charge in [-0.1, -0.05) is 12.1 Å². The first-order valence-corrected chi connectivity index (χ1v) is 5.44. The van der Waals surface area contributed by atoms with Gasteiger partial charge < -0.3 is 10.5 Å². The van der Waals surface area contributed by atoms with Gasteiger partial charge in [-0.05, 0) is 17.7 Å². The SMILES string of the molecule is COC(=O)c1[nH]nc(N)c1-c1ccc(C(F)(F)F)cc1. The van der Waals surface area contributed by atoms with E-state index in [4.69, 9.17) is 5.73 Å². The van der Waals surface area contributed by atoms with Crippen LogP contribution < -0.4 is 5.73 Å². The lowest BCUT2D eigenvalue weighted by molar-refractivity contribution is -0.137. The maximum Gasteiger partial charge on any atom is 0.416 e. The van der Waals surface area contributed by atoms with Crippen LogP contribution in [0.4, 0.5) is 19.0 Å². The smallest absolute Gasteiger partial charge is 0.416 e. The number of carbonyl (C=O) groups excluding carboxylic acids is 1. The van der Waals surface area contributed by atoms with Crippen LogP contribution in [0.3, 0.4) is 0 Å². The number of rotatable bonds is 2. The highest BCUT2D eigenvalue weighted by molar-refractivity contribution is 5.98. The zero-order valence-corrected chi connectivity index (χ0v) is 10.3. The largest absolute Gasteiger partial charge is 0.464 e. The molecule has 106 valence electrons. The Labute approximate surface area is 111 Å². The first-order chi connectivity index (χ1) is 9.34. The molecule has 2 rings (SSSR count). The van der Waals surface area contributed by atoms with Crippen LogP contribution in [0.25, 0.3) is 11.1 Å². The van der Waals surface area contributed by atoms with E-state index in [0.29, 0.717) is 5.56 Å². The second kappa shape index (κ2) is 4.87. The highest BCUT2D eigenvalue weighted by Gasteiger charge is 2.30. The number of carbonyl (C=O) groups is 1. The van der Waals surface area contributed by atoms with Crippen LogP contribution in [-0.4, -0.2) is 23.3 Å². The van der Waals surface area contributed by atoms with Crippen LogP contribution in [-0.2, 0) is 10.9 Å². The monoisotopic (exact) mass is 285 g/mol. The summed E-state index contributed by atoms with van der Waals surface area (Å²) in [5.41, 5.74) is 5.37. The van der Waals surface area contributed by atoms with E-state index in [1.54, 1.807) is 0 Å². The van der Waals surface area contributed by atoms with Gasteiger partial charge in [-0.15, -0.1) is 0 Å². The van der Waals surface area contributed by atoms with Crippen molar-refractivity contribution in [2.75, 3.05) is 12.8 Å². The number of nitrogens with one attached hydrogen (secondary N) is 1. The molecule has 0 fully saturated rings. The minimum Gasteiger partial charge on any atom is -0.464 e. The number of ether oxygens (including phenoxy) is 1. The zero-order valence-electron chi connectivity index (χ0n) is 10.3. The van der Waals surface area contributed by atoms with Gasteiger partial charge in [0, 0.05) is 0 Å². The fraction of sp³-hybridized carbons (Fsp3) is 0.167. The van der Waals surface area contributed by atoms with Gasteiger partial charge in [0.05, 0.1) is 18.2 Å². The molecule has 0 radical (unpaired) electrons. The number of nitrogens with zero attached hydrogens (tertiary/aromatic N) is 1. The number of benzene rings is 1. The highest BCUT2D eigenvalue weighted by Crippen LogP contribution is 2.33. The van der Waals surface area contributed by atoms with Gasteiger partial charge in [0.15, 0.2) is 11.5 Å². The van der Waals surface area contributed by atoms with Crippen molar-refractivity contribution in [3.05, 3.63) is 35.5 Å². The Kier molecular flexibility index (Phi) is 3.39. The van der Waals surface area contributed by atoms with Crippen molar-refractivity contribution in [2.45, 2.75) is 6.18 Å². The summed E-state index contributed by atoms with van der Waals surface area (Å²) in [6.07, 6.45) is -4.42. The summed E-state index contributed by atoms with van der Waals surface area (Å²) in [5.74, 6) is -0.700. The number of methoxy groups -OCH3 is 1. The van der Waals surface area contributed by atoms with Crippen molar-refractivity contribution < 1.29 is 22.7 Å². The summed E-state index contributed by atoms with van der Waals surface area (Å²) in [7, 11) is 1.18. The number of hydrogen-bond donors (Lipinski definition) is 2. The third-order valence-electron chi connectivity index (χ3n) is 2.68. The molecule has 0 unspecified atom stereocenters. The van der Waals surface area contributed by atoms with Crippen LogP contribution in [0.2, 0.25) is 0 Å². The molecule has 0 spiro atoms. The molecule has 1 aromatic heterocycles. The molecule has 1 aromatic carbocycles. The van der Waals surface area contributed by atoms with Crippen molar-refractivity contribution in [1.29, 1.82) is 0 Å². The molecule has 0 aliphatic carbocycles. The minimum atomic E-state index is -4.42. The van der Waals surface area contributed by atoms with Crippen molar-refractivity contribution in [2.24, 2.45) is 0 Å². The number of hydrogen-bond acceptors (Lipinski definition) is 4. The fourth-order valence-electron chi connectivity index (χ4n) is 1.72. The van der Waals surface area contributed by atoms with Gasteiger partial charge in [0.2, 0.25) is 0 Å². The number of halogens is 3. The molecule has 0 aliphatic heterocycles. The van der Waals surface area contributed by atoms with Gasteiger partial charge in [-0.2, -0.15) is 18.3 Å². The maximum atomic E-state index is 12.5. The fourth-order valence-corrected chi connectivity index (χ4v) is 1.72. The molecule has 0 amide bonds. The quantitative estimate of drug-likeness (QED) is 0.830. The van der Waals surface area contributed by atoms with Gasteiger partial charge in [-0.3, -0.25) is 5.10 Å². The molecule has 8 heteroatoms. The van der Waals surface area contributed by atoms with Crippen LogP contribution >= 0.6 is 0 Å². The maximum absolute atomic E-state index is 12.5. The average molecular weight is 285 g/mol. The van der Waals surface area contributed by atoms with Crippen molar-refractivity contribution in [3.8, 4) is 11.1 Å². The summed E-state index contributed by atoms with van der Waals surface area (Å²) in [4.78, 5) is 11.5. The lowest BCUT2D eigenvalue weighted by atomic mass is 10.0. The summed E-state index contributed by atoms with van der Waals surface area (Å²) >= 11 is 0. The number of anilines is 1. The van der Waals surface area contributed by atoms with Gasteiger partial charge in [0.1, 0.15) is 0 Å². The lowest BCUT2D eigenvalue weighted by Gasteiger charge is -2.08. The number of nitrogens with two attached hydrogens (primary N) is 1. The van der Waals surface area contributed by atoms with E-state index in [9.17, 15) is 18.0 Å². The summed E-state index contributed by atoms with van der Waals surface area (Å²) in [6, 6.07) is 4.25. The number of alkyl halides is 3. The molecule has 5 nitrogen and oxygen atoms in total. The Morgan fingerprint density at radius 1 is 1.30 bits per heavy atom. The summed E-state index contributed by atoms with van der Waals surface area (Å²) in [6.45, 7) is 0. The standard InChI is InChI=1S/C12H10F3N3O2/c1-20-11(19)9-8(10(16)18-17-9)6-2-4-7(5-3-6)12(13,14)15/h2-5H,1H3,(H3,16,17,18). The first kappa shape index (κ1) is 13.9. The van der Waals surface area contributed by atoms with E-state index in [1.807, 2.05) is 0 Å². The molecular formula is C12H10F3N3O2. The Bertz CT molecular complexity index is 632. The van der Waals surface area contributed by atoms with E-state index in [2.05, 4.69) is 14.9 Å². The van der Waals surface area contributed by atoms with E-state index < -0.39 is 17.7 Å². The molecule has 0 aliphatic rings. The number of nitrogen functional groups attached to an aromatic ring is 1. The minimum absolute atomic E-state index is 0.00478. The van der Waals surface area contributed by atoms with Gasteiger partial charge >= 0.3 is 12.1 Å². The molecule has 0 bridgehead atoms. The molecule has 3 N–H and O–H groups in total. The van der Waals surface area contributed by atoms with Crippen molar-refractivity contribution >= 4 is 11.8 Å². The predicted molar refractivity (Wildman–Crippen MR) is 64.8 cm³/mol. The summed E-state index contributed by atoms with van der Waals surface area (Å²) < 4.78 is 42.0. The number of esters is 1. The van der Waals surface area contributed by atoms with E-state index in [-0.39, 0.29) is 17.1 Å². The Hall–Kier alpha value is -2.51. The Morgan fingerprint density at radius 2 is 1.90 bits per heavy atom. The molecule has 0 atom stereocenters. The predicted octanol–water partition coefficient (Wildman–Crippen LogP) is 2.46. The van der Waals surface area contributed by atoms with Gasteiger partial charge in [-0.25, -0.2) is 4.79 Å². The van der Waals surface area contributed by atoms with Crippen LogP contribution in [0.5, 0.6) is 0 Å². The second-order valence-electron chi connectivity index (χ2n) is 3.93. The number of aromatic amines is 1. The van der Waals surface area contributed by atoms with E-state index in [1.165, 1.54) is 19.2 Å². The summed E-state index contributed by atoms with van der Waals surface area (Å²) in [5, 5.41) is 6.06. The molecule has 1 heterocycles. The molecule has 0 saturated heterocycles. The molecule has 0 saturated carbocycles. The zero-order chi connectivity index (χ0) is 14.9. The normalized spacial score (nSPS) is 11.4. The van der Waals surface area contributed by atoms with E-state index >= 15 is 0 Å². The molecule has 2 aromatic rings. The van der Waals surface area contributed by atoms with Crippen molar-refractivity contribution in [3.63, 3.8) is 0 Å². The molecule has 20 heavy (non-hydrogen) atoms. The first-order valence-electron chi connectivity index (χ1n) is 5.44. The topological polar surface area (TPSA) is 81.0 Å². The van der Waals surface area contributed by atoms with Crippen molar-refractivity contribution in [1.82, 2.24) is 10.2 Å². The Morgan fingerprint density at radius 3 is 2.40 bits per heavy atom. The lowest BCUT2D eigenvalue weighted by Crippen LogP contribution is -2.05. The second-order valence-corrected chi connectivity index (χ2v) is 3.93. The number of H-pyrrole nitrogens is 1. The van der Waals surface area contributed by atoms with Crippen LogP contribution in [0.1, 0.15) is 16.1 Å². The average Bonchev–Trinajstić information content (AvgIpc) is 2.79. The highest BCUT2D eigenvalue weighted by atomic mass is 19.4. The number of aromatic nitrogens is 2. The third-order valence-corrected chi connectivity index (χ3v) is 2.68. The van der Waals surface area contributed by atoms with Crippen LogP contribution in [0, 0.1) is 0 Å². The Balaban J connectivity index is 2.47. The molecular weight excluding hydrogens is 275 g/mol. The third kappa shape index (κ3) is 2.44. The van der Waals surface area contributed by atoms with Crippen LogP contribution in [0.15, 0.2) is 24.3 Å². The van der Waals surface area contributed by atoms with Gasteiger partial charge in [0.25, 0.3) is 0 Å². The van der Waals surface area contributed by atoms with E-state index in [0.717, 1.165) is 12.1 Å².